The van der Waals surface area contributed by atoms with Crippen LogP contribution in [-0.4, -0.2) is 24.7 Å². The molecule has 0 aromatic carbocycles. The zero-order valence-corrected chi connectivity index (χ0v) is 11.1. The number of pyridine rings is 1. The lowest BCUT2D eigenvalue weighted by atomic mass is 10.0. The summed E-state index contributed by atoms with van der Waals surface area (Å²) < 4.78 is 74.0. The Labute approximate surface area is 116 Å². The Balaban J connectivity index is 3.44. The summed E-state index contributed by atoms with van der Waals surface area (Å²) in [5, 5.41) is 0. The van der Waals surface area contributed by atoms with Gasteiger partial charge in [-0.2, -0.15) is 13.2 Å². The largest absolute Gasteiger partial charge is 0.481 e. The Morgan fingerprint density at radius 1 is 1.38 bits per heavy atom. The first-order chi connectivity index (χ1) is 9.72. The minimum absolute atomic E-state index is 0.0362. The number of aromatic nitrogens is 1. The zero-order chi connectivity index (χ0) is 16.2. The molecule has 4 nitrogen and oxygen atoms in total. The van der Waals surface area contributed by atoms with Gasteiger partial charge in [-0.3, -0.25) is 4.79 Å². The third-order valence-corrected chi connectivity index (χ3v) is 2.49. The van der Waals surface area contributed by atoms with E-state index in [0.717, 1.165) is 7.11 Å². The van der Waals surface area contributed by atoms with E-state index in [1.807, 2.05) is 0 Å². The Morgan fingerprint density at radius 3 is 2.43 bits per heavy atom. The van der Waals surface area contributed by atoms with Crippen LogP contribution in [0.2, 0.25) is 0 Å². The molecule has 1 aromatic heterocycles. The molecule has 0 aliphatic heterocycles. The standard InChI is InChI=1S/C12H12F5NO3/c1-3-21-7(19)4-6-5-18-11(20-2)8(10(13)14)9(6)12(15,16)17/h5,10H,3-4H2,1-2H3. The SMILES string of the molecule is CCOC(=O)Cc1cnc(OC)c(C(F)F)c1C(F)(F)F. The van der Waals surface area contributed by atoms with E-state index in [2.05, 4.69) is 14.5 Å². The molecular formula is C12H12F5NO3. The highest BCUT2D eigenvalue weighted by atomic mass is 19.4. The summed E-state index contributed by atoms with van der Waals surface area (Å²) in [6.45, 7) is 1.44. The molecule has 0 saturated carbocycles. The highest BCUT2D eigenvalue weighted by Gasteiger charge is 2.41. The average molecular weight is 313 g/mol. The van der Waals surface area contributed by atoms with Gasteiger partial charge in [0.1, 0.15) is 0 Å². The van der Waals surface area contributed by atoms with Crippen LogP contribution in [0.1, 0.15) is 30.0 Å². The van der Waals surface area contributed by atoms with Crippen LogP contribution in [0.4, 0.5) is 22.0 Å². The van der Waals surface area contributed by atoms with Gasteiger partial charge in [0.25, 0.3) is 6.43 Å². The first kappa shape index (κ1) is 17.1. The Bertz CT molecular complexity index is 516. The second kappa shape index (κ2) is 6.68. The fraction of sp³-hybridized carbons (Fsp3) is 0.500. The monoisotopic (exact) mass is 313 g/mol. The van der Waals surface area contributed by atoms with Gasteiger partial charge in [-0.15, -0.1) is 0 Å². The van der Waals surface area contributed by atoms with E-state index in [9.17, 15) is 26.7 Å². The molecule has 1 aromatic rings. The van der Waals surface area contributed by atoms with Crippen molar-refractivity contribution in [3.05, 3.63) is 22.9 Å². The predicted octanol–water partition coefficient (Wildman–Crippen LogP) is 3.15. The number of hydrogen-bond donors (Lipinski definition) is 0. The molecule has 0 radical (unpaired) electrons. The molecule has 0 fully saturated rings. The number of rotatable bonds is 5. The lowest BCUT2D eigenvalue weighted by Crippen LogP contribution is -2.18. The summed E-state index contributed by atoms with van der Waals surface area (Å²) in [5.74, 6) is -1.79. The van der Waals surface area contributed by atoms with Crippen molar-refractivity contribution in [1.82, 2.24) is 4.98 Å². The predicted molar refractivity (Wildman–Crippen MR) is 61.1 cm³/mol. The third-order valence-electron chi connectivity index (χ3n) is 2.49. The lowest BCUT2D eigenvalue weighted by Gasteiger charge is -2.18. The Morgan fingerprint density at radius 2 is 2.00 bits per heavy atom. The third kappa shape index (κ3) is 4.02. The molecule has 1 rings (SSSR count). The van der Waals surface area contributed by atoms with Crippen molar-refractivity contribution in [2.24, 2.45) is 0 Å². The fourth-order valence-corrected chi connectivity index (χ4v) is 1.75. The van der Waals surface area contributed by atoms with Crippen LogP contribution in [0.5, 0.6) is 5.88 Å². The quantitative estimate of drug-likeness (QED) is 0.619. The number of esters is 1. The molecule has 21 heavy (non-hydrogen) atoms. The molecule has 0 aliphatic carbocycles. The molecule has 0 aliphatic rings. The highest BCUT2D eigenvalue weighted by Crippen LogP contribution is 2.42. The molecule has 0 atom stereocenters. The molecule has 0 N–H and O–H groups in total. The molecule has 0 spiro atoms. The fourth-order valence-electron chi connectivity index (χ4n) is 1.75. The Kier molecular flexibility index (Phi) is 5.45. The second-order valence-electron chi connectivity index (χ2n) is 3.86. The number of carbonyl (C=O) groups excluding carboxylic acids is 1. The van der Waals surface area contributed by atoms with E-state index >= 15 is 0 Å². The van der Waals surface area contributed by atoms with Crippen molar-refractivity contribution < 1.29 is 36.2 Å². The molecule has 118 valence electrons. The van der Waals surface area contributed by atoms with E-state index < -0.39 is 47.6 Å². The maximum absolute atomic E-state index is 13.1. The minimum Gasteiger partial charge on any atom is -0.481 e. The number of carbonyl (C=O) groups is 1. The van der Waals surface area contributed by atoms with Gasteiger partial charge in [0.15, 0.2) is 0 Å². The van der Waals surface area contributed by atoms with Gasteiger partial charge in [0.2, 0.25) is 5.88 Å². The number of hydrogen-bond acceptors (Lipinski definition) is 4. The van der Waals surface area contributed by atoms with Crippen molar-refractivity contribution >= 4 is 5.97 Å². The summed E-state index contributed by atoms with van der Waals surface area (Å²) in [6, 6.07) is 0. The van der Waals surface area contributed by atoms with E-state index in [1.165, 1.54) is 6.92 Å². The topological polar surface area (TPSA) is 48.4 Å². The van der Waals surface area contributed by atoms with Gasteiger partial charge in [-0.25, -0.2) is 13.8 Å². The van der Waals surface area contributed by atoms with Gasteiger partial charge in [-0.05, 0) is 12.5 Å². The van der Waals surface area contributed by atoms with Crippen LogP contribution in [0.25, 0.3) is 0 Å². The molecule has 0 bridgehead atoms. The summed E-state index contributed by atoms with van der Waals surface area (Å²) >= 11 is 0. The number of nitrogens with zero attached hydrogens (tertiary/aromatic N) is 1. The molecule has 0 amide bonds. The van der Waals surface area contributed by atoms with Gasteiger partial charge < -0.3 is 9.47 Å². The summed E-state index contributed by atoms with van der Waals surface area (Å²) in [7, 11) is 0.930. The van der Waals surface area contributed by atoms with Crippen molar-refractivity contribution in [1.29, 1.82) is 0 Å². The van der Waals surface area contributed by atoms with Crippen molar-refractivity contribution in [3.63, 3.8) is 0 Å². The van der Waals surface area contributed by atoms with Crippen LogP contribution in [0.15, 0.2) is 6.20 Å². The Hall–Kier alpha value is -1.93. The zero-order valence-electron chi connectivity index (χ0n) is 11.1. The molecule has 0 unspecified atom stereocenters. The highest BCUT2D eigenvalue weighted by molar-refractivity contribution is 5.73. The number of halogens is 5. The molecule has 9 heteroatoms. The molecule has 1 heterocycles. The normalized spacial score (nSPS) is 11.6. The van der Waals surface area contributed by atoms with Crippen molar-refractivity contribution in [3.8, 4) is 5.88 Å². The van der Waals surface area contributed by atoms with Gasteiger partial charge in [0, 0.05) is 6.20 Å². The van der Waals surface area contributed by atoms with Gasteiger partial charge in [0.05, 0.1) is 31.3 Å². The van der Waals surface area contributed by atoms with E-state index in [4.69, 9.17) is 0 Å². The maximum atomic E-state index is 13.1. The van der Waals surface area contributed by atoms with E-state index in [0.29, 0.717) is 6.20 Å². The number of methoxy groups -OCH3 is 1. The van der Waals surface area contributed by atoms with Crippen LogP contribution < -0.4 is 4.74 Å². The van der Waals surface area contributed by atoms with Crippen LogP contribution in [0.3, 0.4) is 0 Å². The average Bonchev–Trinajstić information content (AvgIpc) is 2.36. The summed E-state index contributed by atoms with van der Waals surface area (Å²) in [5.41, 5.74) is -3.68. The number of ether oxygens (including phenoxy) is 2. The first-order valence-corrected chi connectivity index (χ1v) is 5.79. The maximum Gasteiger partial charge on any atom is 0.417 e. The van der Waals surface area contributed by atoms with Crippen LogP contribution in [0, 0.1) is 0 Å². The smallest absolute Gasteiger partial charge is 0.417 e. The van der Waals surface area contributed by atoms with Gasteiger partial charge in [-0.1, -0.05) is 0 Å². The van der Waals surface area contributed by atoms with Crippen molar-refractivity contribution in [2.75, 3.05) is 13.7 Å². The minimum atomic E-state index is -5.08. The second-order valence-corrected chi connectivity index (χ2v) is 3.86. The molecular weight excluding hydrogens is 301 g/mol. The number of alkyl halides is 5. The van der Waals surface area contributed by atoms with E-state index in [1.54, 1.807) is 0 Å². The van der Waals surface area contributed by atoms with Gasteiger partial charge >= 0.3 is 12.1 Å². The lowest BCUT2D eigenvalue weighted by molar-refractivity contribution is -0.144. The van der Waals surface area contributed by atoms with Crippen LogP contribution >= 0.6 is 0 Å². The van der Waals surface area contributed by atoms with E-state index in [-0.39, 0.29) is 6.61 Å². The summed E-state index contributed by atoms with van der Waals surface area (Å²) in [6.07, 6.45) is -8.65. The first-order valence-electron chi connectivity index (χ1n) is 5.79. The van der Waals surface area contributed by atoms with Crippen molar-refractivity contribution in [2.45, 2.75) is 25.9 Å². The van der Waals surface area contributed by atoms with Crippen LogP contribution in [-0.2, 0) is 22.1 Å². The molecule has 0 saturated heterocycles. The summed E-state index contributed by atoms with van der Waals surface area (Å²) in [4.78, 5) is 14.7.